The van der Waals surface area contributed by atoms with Gasteiger partial charge >= 0.3 is 6.36 Å². The monoisotopic (exact) mass is 435 g/mol. The molecule has 0 aliphatic carbocycles. The van der Waals surface area contributed by atoms with Gasteiger partial charge in [-0.3, -0.25) is 9.69 Å². The first-order chi connectivity index (χ1) is 14.8. The number of likely N-dealkylation sites (N-methyl/N-ethyl adjacent to an activating group) is 1. The van der Waals surface area contributed by atoms with Crippen LogP contribution >= 0.6 is 0 Å². The van der Waals surface area contributed by atoms with Crippen molar-refractivity contribution in [2.24, 2.45) is 0 Å². The fourth-order valence-electron chi connectivity index (χ4n) is 4.41. The van der Waals surface area contributed by atoms with Gasteiger partial charge in [0.25, 0.3) is 0 Å². The van der Waals surface area contributed by atoms with Gasteiger partial charge in [0, 0.05) is 43.6 Å². The average Bonchev–Trinajstić information content (AvgIpc) is 3.34. The van der Waals surface area contributed by atoms with E-state index in [9.17, 15) is 18.0 Å². The predicted molar refractivity (Wildman–Crippen MR) is 109 cm³/mol. The Morgan fingerprint density at radius 3 is 2.77 bits per heavy atom. The molecule has 2 aromatic rings. The first kappa shape index (κ1) is 21.4. The molecule has 0 radical (unpaired) electrons. The van der Waals surface area contributed by atoms with Crippen molar-refractivity contribution in [3.8, 4) is 5.75 Å². The molecule has 2 saturated heterocycles. The minimum Gasteiger partial charge on any atom is -0.406 e. The SMILES string of the molecule is CN(CC1CCCN1c1cccnn1)C1CCN(c2cccc(OC(F)(F)F)c2)C1=O. The Bertz CT molecular complexity index is 911. The van der Waals surface area contributed by atoms with Crippen LogP contribution in [-0.2, 0) is 4.79 Å². The van der Waals surface area contributed by atoms with Gasteiger partial charge in [-0.2, -0.15) is 5.10 Å². The van der Waals surface area contributed by atoms with E-state index < -0.39 is 6.36 Å². The summed E-state index contributed by atoms with van der Waals surface area (Å²) in [6.07, 6.45) is -0.473. The Morgan fingerprint density at radius 2 is 2.03 bits per heavy atom. The number of nitrogens with zero attached hydrogens (tertiary/aromatic N) is 5. The Labute approximate surface area is 178 Å². The van der Waals surface area contributed by atoms with Crippen LogP contribution in [0, 0.1) is 0 Å². The van der Waals surface area contributed by atoms with Crippen LogP contribution in [0.4, 0.5) is 24.7 Å². The van der Waals surface area contributed by atoms with Crippen LogP contribution in [0.1, 0.15) is 19.3 Å². The number of amides is 1. The molecule has 166 valence electrons. The van der Waals surface area contributed by atoms with E-state index in [0.29, 0.717) is 25.2 Å². The van der Waals surface area contributed by atoms with Gasteiger partial charge in [0.1, 0.15) is 5.75 Å². The largest absolute Gasteiger partial charge is 0.573 e. The van der Waals surface area contributed by atoms with Gasteiger partial charge in [-0.25, -0.2) is 0 Å². The van der Waals surface area contributed by atoms with Crippen LogP contribution in [-0.4, -0.2) is 66.1 Å². The molecule has 1 aromatic heterocycles. The maximum atomic E-state index is 13.1. The predicted octanol–water partition coefficient (Wildman–Crippen LogP) is 3.08. The van der Waals surface area contributed by atoms with Crippen molar-refractivity contribution < 1.29 is 22.7 Å². The fraction of sp³-hybridized carbons (Fsp3) is 0.476. The van der Waals surface area contributed by atoms with E-state index in [1.807, 2.05) is 24.1 Å². The van der Waals surface area contributed by atoms with E-state index >= 15 is 0 Å². The second-order valence-corrected chi connectivity index (χ2v) is 7.85. The van der Waals surface area contributed by atoms with Gasteiger partial charge in [0.15, 0.2) is 5.82 Å². The molecule has 31 heavy (non-hydrogen) atoms. The zero-order valence-electron chi connectivity index (χ0n) is 17.1. The molecule has 3 heterocycles. The number of halogens is 3. The number of benzene rings is 1. The fourth-order valence-corrected chi connectivity index (χ4v) is 4.41. The molecule has 0 spiro atoms. The van der Waals surface area contributed by atoms with E-state index in [1.54, 1.807) is 12.3 Å². The molecule has 0 bridgehead atoms. The summed E-state index contributed by atoms with van der Waals surface area (Å²) in [5, 5.41) is 8.16. The lowest BCUT2D eigenvalue weighted by Gasteiger charge is -2.31. The first-order valence-corrected chi connectivity index (χ1v) is 10.2. The first-order valence-electron chi connectivity index (χ1n) is 10.2. The molecule has 10 heteroatoms. The Kier molecular flexibility index (Phi) is 5.99. The van der Waals surface area contributed by atoms with Crippen molar-refractivity contribution in [2.45, 2.75) is 37.7 Å². The molecular weight excluding hydrogens is 411 g/mol. The number of aromatic nitrogens is 2. The number of ether oxygens (including phenoxy) is 1. The quantitative estimate of drug-likeness (QED) is 0.695. The third-order valence-corrected chi connectivity index (χ3v) is 5.80. The highest BCUT2D eigenvalue weighted by Crippen LogP contribution is 2.31. The summed E-state index contributed by atoms with van der Waals surface area (Å²) in [5.41, 5.74) is 0.407. The minimum absolute atomic E-state index is 0.115. The van der Waals surface area contributed by atoms with Gasteiger partial charge in [0.2, 0.25) is 5.91 Å². The number of hydrogen-bond donors (Lipinski definition) is 0. The van der Waals surface area contributed by atoms with Crippen molar-refractivity contribution in [1.29, 1.82) is 0 Å². The lowest BCUT2D eigenvalue weighted by atomic mass is 10.1. The maximum Gasteiger partial charge on any atom is 0.573 e. The lowest BCUT2D eigenvalue weighted by molar-refractivity contribution is -0.274. The molecule has 0 saturated carbocycles. The van der Waals surface area contributed by atoms with E-state index in [1.165, 1.54) is 23.1 Å². The standard InChI is InChI=1S/C21H24F3N5O2/c1-27(14-16-6-4-11-28(16)19-8-3-10-25-26-19)18-9-12-29(20(18)30)15-5-2-7-17(13-15)31-21(22,23)24/h2-3,5,7-8,10,13,16,18H,4,6,9,11-12,14H2,1H3. The molecule has 2 fully saturated rings. The zero-order chi connectivity index (χ0) is 22.0. The topological polar surface area (TPSA) is 61.8 Å². The molecular formula is C21H24F3N5O2. The lowest BCUT2D eigenvalue weighted by Crippen LogP contribution is -2.46. The van der Waals surface area contributed by atoms with Gasteiger partial charge in [0.05, 0.1) is 6.04 Å². The van der Waals surface area contributed by atoms with Crippen molar-refractivity contribution >= 4 is 17.4 Å². The summed E-state index contributed by atoms with van der Waals surface area (Å²) >= 11 is 0. The average molecular weight is 435 g/mol. The summed E-state index contributed by atoms with van der Waals surface area (Å²) < 4.78 is 41.6. The summed E-state index contributed by atoms with van der Waals surface area (Å²) in [6, 6.07) is 9.25. The third-order valence-electron chi connectivity index (χ3n) is 5.80. The maximum absolute atomic E-state index is 13.1. The molecule has 7 nitrogen and oxygen atoms in total. The zero-order valence-corrected chi connectivity index (χ0v) is 17.1. The van der Waals surface area contributed by atoms with Crippen LogP contribution in [0.15, 0.2) is 42.6 Å². The molecule has 2 aliphatic rings. The molecule has 4 rings (SSSR count). The van der Waals surface area contributed by atoms with E-state index in [4.69, 9.17) is 0 Å². The molecule has 2 unspecified atom stereocenters. The molecule has 0 N–H and O–H groups in total. The van der Waals surface area contributed by atoms with Crippen molar-refractivity contribution in [1.82, 2.24) is 15.1 Å². The van der Waals surface area contributed by atoms with E-state index in [0.717, 1.165) is 25.2 Å². The summed E-state index contributed by atoms with van der Waals surface area (Å²) in [6.45, 7) is 2.04. The Balaban J connectivity index is 1.41. The van der Waals surface area contributed by atoms with Crippen molar-refractivity contribution in [2.75, 3.05) is 36.5 Å². The van der Waals surface area contributed by atoms with Crippen LogP contribution in [0.2, 0.25) is 0 Å². The second-order valence-electron chi connectivity index (χ2n) is 7.85. The highest BCUT2D eigenvalue weighted by Gasteiger charge is 2.38. The third kappa shape index (κ3) is 4.90. The summed E-state index contributed by atoms with van der Waals surface area (Å²) in [7, 11) is 1.92. The number of alkyl halides is 3. The molecule has 2 aliphatic heterocycles. The normalized spacial score (nSPS) is 21.9. The van der Waals surface area contributed by atoms with Crippen molar-refractivity contribution in [3.05, 3.63) is 42.6 Å². The Hall–Kier alpha value is -2.88. The number of rotatable bonds is 6. The number of carbonyl (C=O) groups is 1. The van der Waals surface area contributed by atoms with Gasteiger partial charge < -0.3 is 14.5 Å². The smallest absolute Gasteiger partial charge is 0.406 e. The minimum atomic E-state index is -4.77. The van der Waals surface area contributed by atoms with Crippen LogP contribution in [0.3, 0.4) is 0 Å². The van der Waals surface area contributed by atoms with Crippen LogP contribution in [0.5, 0.6) is 5.75 Å². The molecule has 2 atom stereocenters. The Morgan fingerprint density at radius 1 is 1.19 bits per heavy atom. The van der Waals surface area contributed by atoms with Crippen molar-refractivity contribution in [3.63, 3.8) is 0 Å². The molecule has 1 aromatic carbocycles. The van der Waals surface area contributed by atoms with Crippen LogP contribution in [0.25, 0.3) is 0 Å². The molecule has 1 amide bonds. The number of carbonyl (C=O) groups excluding carboxylic acids is 1. The summed E-state index contributed by atoms with van der Waals surface area (Å²) in [4.78, 5) is 18.8. The summed E-state index contributed by atoms with van der Waals surface area (Å²) in [5.74, 6) is 0.384. The van der Waals surface area contributed by atoms with E-state index in [-0.39, 0.29) is 23.7 Å². The van der Waals surface area contributed by atoms with E-state index in [2.05, 4.69) is 19.8 Å². The van der Waals surface area contributed by atoms with Crippen LogP contribution < -0.4 is 14.5 Å². The van der Waals surface area contributed by atoms with Gasteiger partial charge in [-0.15, -0.1) is 18.3 Å². The van der Waals surface area contributed by atoms with Gasteiger partial charge in [-0.1, -0.05) is 6.07 Å². The second kappa shape index (κ2) is 8.70. The van der Waals surface area contributed by atoms with Gasteiger partial charge in [-0.05, 0) is 50.6 Å². The number of anilines is 2. The highest BCUT2D eigenvalue weighted by molar-refractivity contribution is 5.99. The highest BCUT2D eigenvalue weighted by atomic mass is 19.4. The number of hydrogen-bond acceptors (Lipinski definition) is 6.